The third-order valence-corrected chi connectivity index (χ3v) is 6.51. The predicted molar refractivity (Wildman–Crippen MR) is 124 cm³/mol. The fraction of sp³-hybridized carbons (Fsp3) is 0.333. The Hall–Kier alpha value is -2.71. The molecular weight excluding hydrogens is 432 g/mol. The highest BCUT2D eigenvalue weighted by Gasteiger charge is 2.42. The van der Waals surface area contributed by atoms with Crippen LogP contribution in [0.4, 0.5) is 14.5 Å². The number of amidine groups is 1. The molecule has 0 spiro atoms. The highest BCUT2D eigenvalue weighted by molar-refractivity contribution is 8.18. The molecule has 32 heavy (non-hydrogen) atoms. The van der Waals surface area contributed by atoms with Crippen molar-refractivity contribution in [3.8, 4) is 5.75 Å². The van der Waals surface area contributed by atoms with Gasteiger partial charge in [-0.1, -0.05) is 36.8 Å². The van der Waals surface area contributed by atoms with E-state index >= 15 is 0 Å². The zero-order valence-corrected chi connectivity index (χ0v) is 18.8. The molecule has 0 aromatic heterocycles. The molecule has 0 bridgehead atoms. The van der Waals surface area contributed by atoms with Gasteiger partial charge in [0.05, 0.1) is 10.6 Å². The Bertz CT molecular complexity index is 1000. The lowest BCUT2D eigenvalue weighted by molar-refractivity contribution is -0.142. The largest absolute Gasteiger partial charge is 0.435 e. The van der Waals surface area contributed by atoms with Crippen molar-refractivity contribution < 1.29 is 18.3 Å². The summed E-state index contributed by atoms with van der Waals surface area (Å²) >= 11 is 1.32. The number of aliphatic imine (C=N–C) groups is 1. The number of nitrogens with zero attached hydrogens (tertiary/aromatic N) is 3. The van der Waals surface area contributed by atoms with Gasteiger partial charge in [0.25, 0.3) is 5.91 Å². The van der Waals surface area contributed by atoms with Gasteiger partial charge in [-0.2, -0.15) is 8.78 Å². The first-order valence-corrected chi connectivity index (χ1v) is 11.4. The summed E-state index contributed by atoms with van der Waals surface area (Å²) in [6, 6.07) is 16.2. The van der Waals surface area contributed by atoms with Crippen LogP contribution in [-0.2, 0) is 4.79 Å². The molecular formula is C24H25F2N3O2S. The number of piperidine rings is 1. The van der Waals surface area contributed by atoms with Crippen LogP contribution in [-0.4, -0.2) is 39.8 Å². The van der Waals surface area contributed by atoms with E-state index in [1.54, 1.807) is 23.2 Å². The van der Waals surface area contributed by atoms with E-state index < -0.39 is 6.61 Å². The summed E-state index contributed by atoms with van der Waals surface area (Å²) in [4.78, 5) is 18.8. The topological polar surface area (TPSA) is 45.1 Å². The van der Waals surface area contributed by atoms with Gasteiger partial charge < -0.3 is 4.74 Å². The number of alkyl halides is 2. The summed E-state index contributed by atoms with van der Waals surface area (Å²) in [5.41, 5.74) is 1.50. The number of carbonyl (C=O) groups is 1. The highest BCUT2D eigenvalue weighted by atomic mass is 32.2. The molecule has 8 heteroatoms. The van der Waals surface area contributed by atoms with Crippen LogP contribution in [0.3, 0.4) is 0 Å². The number of carbonyl (C=O) groups excluding carboxylic acids is 1. The molecule has 4 rings (SSSR count). The molecule has 2 aliphatic heterocycles. The van der Waals surface area contributed by atoms with Crippen molar-refractivity contribution >= 4 is 34.6 Å². The predicted octanol–water partition coefficient (Wildman–Crippen LogP) is 6.07. The molecule has 0 aliphatic carbocycles. The molecule has 2 aromatic rings. The van der Waals surface area contributed by atoms with Crippen LogP contribution in [0.1, 0.15) is 38.7 Å². The van der Waals surface area contributed by atoms with Gasteiger partial charge in [0.2, 0.25) is 0 Å². The van der Waals surface area contributed by atoms with Crippen molar-refractivity contribution in [1.82, 2.24) is 10.0 Å². The lowest BCUT2D eigenvalue weighted by Crippen LogP contribution is -2.56. The number of hydrogen-bond donors (Lipinski definition) is 0. The number of hydrazine groups is 1. The van der Waals surface area contributed by atoms with Gasteiger partial charge in [0.1, 0.15) is 5.75 Å². The monoisotopic (exact) mass is 457 g/mol. The zero-order chi connectivity index (χ0) is 22.7. The van der Waals surface area contributed by atoms with Crippen LogP contribution >= 0.6 is 11.8 Å². The summed E-state index contributed by atoms with van der Waals surface area (Å²) in [5, 5.41) is 4.47. The molecule has 2 saturated heterocycles. The number of hydrogen-bond acceptors (Lipinski definition) is 5. The van der Waals surface area contributed by atoms with Gasteiger partial charge in [0.15, 0.2) is 5.17 Å². The second-order valence-corrected chi connectivity index (χ2v) is 8.92. The third-order valence-electron chi connectivity index (χ3n) is 5.55. The van der Waals surface area contributed by atoms with E-state index in [0.29, 0.717) is 10.1 Å². The molecule has 168 valence electrons. The Morgan fingerprint density at radius 2 is 1.72 bits per heavy atom. The first kappa shape index (κ1) is 22.5. The van der Waals surface area contributed by atoms with Gasteiger partial charge in [-0.25, -0.2) is 15.0 Å². The Labute approximate surface area is 190 Å². The zero-order valence-electron chi connectivity index (χ0n) is 17.9. The molecule has 2 heterocycles. The van der Waals surface area contributed by atoms with Crippen LogP contribution in [0.15, 0.2) is 64.5 Å². The van der Waals surface area contributed by atoms with Gasteiger partial charge >= 0.3 is 6.61 Å². The number of halogens is 2. The molecule has 0 saturated carbocycles. The molecule has 2 atom stereocenters. The Kier molecular flexibility index (Phi) is 6.91. The minimum absolute atomic E-state index is 0.0801. The lowest BCUT2D eigenvalue weighted by atomic mass is 9.99. The van der Waals surface area contributed by atoms with Crippen molar-refractivity contribution in [2.75, 3.05) is 0 Å². The van der Waals surface area contributed by atoms with Crippen LogP contribution in [0, 0.1) is 0 Å². The maximum absolute atomic E-state index is 13.5. The standard InChI is InChI=1S/C24H25F2N3O2S/c1-16-7-6-8-17(2)28(16)29-22(30)21(32-24(29)27-19-9-4-3-5-10-19)15-18-11-13-20(14-12-18)31-23(25)26/h3-5,9-17,23H,6-8H2,1-2H3/b21-15+,27-24?/t16-,17-/m1/s1. The van der Waals surface area contributed by atoms with E-state index in [0.717, 1.165) is 30.5 Å². The smallest absolute Gasteiger partial charge is 0.387 e. The van der Waals surface area contributed by atoms with Crippen molar-refractivity contribution in [3.63, 3.8) is 0 Å². The molecule has 0 unspecified atom stereocenters. The summed E-state index contributed by atoms with van der Waals surface area (Å²) < 4.78 is 29.2. The van der Waals surface area contributed by atoms with Crippen molar-refractivity contribution in [1.29, 1.82) is 0 Å². The lowest BCUT2D eigenvalue weighted by Gasteiger charge is -2.43. The van der Waals surface area contributed by atoms with Gasteiger partial charge in [-0.05, 0) is 74.4 Å². The highest BCUT2D eigenvalue weighted by Crippen LogP contribution is 2.38. The maximum Gasteiger partial charge on any atom is 0.387 e. The number of amides is 1. The van der Waals surface area contributed by atoms with E-state index in [1.807, 2.05) is 30.3 Å². The summed E-state index contributed by atoms with van der Waals surface area (Å²) in [6.07, 6.45) is 4.93. The fourth-order valence-electron chi connectivity index (χ4n) is 4.05. The van der Waals surface area contributed by atoms with Crippen LogP contribution in [0.2, 0.25) is 0 Å². The van der Waals surface area contributed by atoms with E-state index in [1.165, 1.54) is 23.9 Å². The van der Waals surface area contributed by atoms with Crippen molar-refractivity contribution in [2.24, 2.45) is 4.99 Å². The number of para-hydroxylation sites is 1. The Morgan fingerprint density at radius 3 is 2.34 bits per heavy atom. The van der Waals surface area contributed by atoms with Gasteiger partial charge in [-0.3, -0.25) is 4.79 Å². The summed E-state index contributed by atoms with van der Waals surface area (Å²) in [6.45, 7) is 1.40. The second-order valence-electron chi connectivity index (χ2n) is 7.91. The first-order chi connectivity index (χ1) is 15.4. The van der Waals surface area contributed by atoms with E-state index in [2.05, 4.69) is 23.6 Å². The third kappa shape index (κ3) is 5.02. The normalized spacial score (nSPS) is 24.7. The van der Waals surface area contributed by atoms with Crippen LogP contribution in [0.25, 0.3) is 6.08 Å². The first-order valence-electron chi connectivity index (χ1n) is 10.6. The average molecular weight is 458 g/mol. The minimum atomic E-state index is -2.87. The maximum atomic E-state index is 13.5. The number of benzene rings is 2. The number of thioether (sulfide) groups is 1. The summed E-state index contributed by atoms with van der Waals surface area (Å²) in [5.74, 6) is -0.0466. The molecule has 2 aliphatic rings. The van der Waals surface area contributed by atoms with Crippen LogP contribution in [0.5, 0.6) is 5.75 Å². The molecule has 0 N–H and O–H groups in total. The van der Waals surface area contributed by atoms with Crippen molar-refractivity contribution in [2.45, 2.75) is 51.8 Å². The van der Waals surface area contributed by atoms with Gasteiger partial charge in [-0.15, -0.1) is 0 Å². The van der Waals surface area contributed by atoms with Gasteiger partial charge in [0, 0.05) is 12.1 Å². The average Bonchev–Trinajstić information content (AvgIpc) is 3.05. The van der Waals surface area contributed by atoms with E-state index in [9.17, 15) is 13.6 Å². The Morgan fingerprint density at radius 1 is 1.06 bits per heavy atom. The van der Waals surface area contributed by atoms with Crippen molar-refractivity contribution in [3.05, 3.63) is 65.1 Å². The van der Waals surface area contributed by atoms with E-state index in [-0.39, 0.29) is 23.7 Å². The Balaban J connectivity index is 1.67. The molecule has 1 amide bonds. The number of ether oxygens (including phenoxy) is 1. The molecule has 0 radical (unpaired) electrons. The molecule has 2 fully saturated rings. The summed E-state index contributed by atoms with van der Waals surface area (Å²) in [7, 11) is 0. The SMILES string of the molecule is C[C@@H]1CCC[C@@H](C)N1N1C(=O)/C(=C\c2ccc(OC(F)F)cc2)SC1=Nc1ccccc1. The van der Waals surface area contributed by atoms with Crippen LogP contribution < -0.4 is 4.74 Å². The van der Waals surface area contributed by atoms with E-state index in [4.69, 9.17) is 4.99 Å². The molecule has 5 nitrogen and oxygen atoms in total. The quantitative estimate of drug-likeness (QED) is 0.511. The second kappa shape index (κ2) is 9.83. The minimum Gasteiger partial charge on any atom is -0.435 e. The number of rotatable bonds is 5. The molecule has 2 aromatic carbocycles. The fourth-order valence-corrected chi connectivity index (χ4v) is 5.03.